The van der Waals surface area contributed by atoms with E-state index < -0.39 is 0 Å². The Labute approximate surface area is 148 Å². The fourth-order valence-electron chi connectivity index (χ4n) is 4.54. The molecule has 0 unspecified atom stereocenters. The molecule has 1 aromatic carbocycles. The molecule has 1 saturated heterocycles. The van der Waals surface area contributed by atoms with Crippen LogP contribution in [0.25, 0.3) is 0 Å². The lowest BCUT2D eigenvalue weighted by molar-refractivity contribution is -0.0367. The van der Waals surface area contributed by atoms with E-state index in [1.54, 1.807) is 13.2 Å². The van der Waals surface area contributed by atoms with Gasteiger partial charge < -0.3 is 9.47 Å². The molecule has 0 bridgehead atoms. The zero-order valence-corrected chi connectivity index (χ0v) is 15.4. The van der Waals surface area contributed by atoms with E-state index in [0.29, 0.717) is 21.6 Å². The summed E-state index contributed by atoms with van der Waals surface area (Å²) in [5.74, 6) is 0.741. The fraction of sp³-hybridized carbons (Fsp3) is 0.667. The zero-order valence-electron chi connectivity index (χ0n) is 13.9. The number of hydrogen-bond acceptors (Lipinski definition) is 3. The summed E-state index contributed by atoms with van der Waals surface area (Å²) in [4.78, 5) is 2.51. The first-order valence-electron chi connectivity index (χ1n) is 8.35. The quantitative estimate of drug-likeness (QED) is 0.773. The first kappa shape index (κ1) is 17.3. The summed E-state index contributed by atoms with van der Waals surface area (Å²) in [5.41, 5.74) is 1.39. The molecule has 23 heavy (non-hydrogen) atoms. The van der Waals surface area contributed by atoms with E-state index in [1.165, 1.54) is 32.1 Å². The van der Waals surface area contributed by atoms with Crippen LogP contribution >= 0.6 is 23.2 Å². The molecule has 1 heterocycles. The van der Waals surface area contributed by atoms with Crippen molar-refractivity contribution < 1.29 is 9.47 Å². The van der Waals surface area contributed by atoms with Crippen LogP contribution in [-0.2, 0) is 11.3 Å². The van der Waals surface area contributed by atoms with Gasteiger partial charge in [-0.2, -0.15) is 0 Å². The smallest absolute Gasteiger partial charge is 0.142 e. The number of ether oxygens (including phenoxy) is 2. The standard InChI is InChI=1S/C18H25Cl2NO2/c1-22-16-5-3-6-18(16)7-4-8-21(12-18)11-13-9-14(19)10-15(20)17(13)23-2/h9-10,16H,3-8,11-12H2,1-2H3/t16-,18+/m1/s1. The van der Waals surface area contributed by atoms with Crippen LogP contribution in [0.3, 0.4) is 0 Å². The van der Waals surface area contributed by atoms with E-state index >= 15 is 0 Å². The van der Waals surface area contributed by atoms with Gasteiger partial charge in [0.25, 0.3) is 0 Å². The van der Waals surface area contributed by atoms with E-state index in [2.05, 4.69) is 4.90 Å². The molecule has 1 spiro atoms. The molecule has 1 aromatic rings. The van der Waals surface area contributed by atoms with E-state index in [4.69, 9.17) is 32.7 Å². The average molecular weight is 358 g/mol. The van der Waals surface area contributed by atoms with Crippen molar-refractivity contribution in [2.45, 2.75) is 44.8 Å². The zero-order chi connectivity index (χ0) is 16.4. The molecule has 1 saturated carbocycles. The molecule has 0 amide bonds. The predicted molar refractivity (Wildman–Crippen MR) is 94.6 cm³/mol. The second kappa shape index (κ2) is 7.18. The number of likely N-dealkylation sites (tertiary alicyclic amines) is 1. The van der Waals surface area contributed by atoms with E-state index in [1.807, 2.05) is 13.2 Å². The summed E-state index contributed by atoms with van der Waals surface area (Å²) in [7, 11) is 3.52. The number of methoxy groups -OCH3 is 2. The monoisotopic (exact) mass is 357 g/mol. The van der Waals surface area contributed by atoms with Crippen LogP contribution in [0.2, 0.25) is 10.0 Å². The lowest BCUT2D eigenvalue weighted by Crippen LogP contribution is -2.47. The van der Waals surface area contributed by atoms with Crippen LogP contribution in [0.1, 0.15) is 37.7 Å². The third kappa shape index (κ3) is 3.48. The predicted octanol–water partition coefficient (Wildman–Crippen LogP) is 4.78. The van der Waals surface area contributed by atoms with Crippen molar-refractivity contribution >= 4 is 23.2 Å². The Kier molecular flexibility index (Phi) is 5.42. The molecule has 128 valence electrons. The molecule has 2 aliphatic rings. The maximum Gasteiger partial charge on any atom is 0.142 e. The van der Waals surface area contributed by atoms with Gasteiger partial charge in [-0.1, -0.05) is 29.6 Å². The SMILES string of the molecule is COc1c(Cl)cc(Cl)cc1CN1CCC[C@@]2(CCC[C@H]2OC)C1. The highest BCUT2D eigenvalue weighted by Gasteiger charge is 2.45. The first-order chi connectivity index (χ1) is 11.1. The highest BCUT2D eigenvalue weighted by Crippen LogP contribution is 2.47. The molecule has 1 aliphatic heterocycles. The van der Waals surface area contributed by atoms with Gasteiger partial charge in [0, 0.05) is 36.2 Å². The van der Waals surface area contributed by atoms with Crippen molar-refractivity contribution in [3.05, 3.63) is 27.7 Å². The lowest BCUT2D eigenvalue weighted by atomic mass is 9.76. The van der Waals surface area contributed by atoms with Gasteiger partial charge in [-0.05, 0) is 44.4 Å². The third-order valence-corrected chi connectivity index (χ3v) is 5.98. The van der Waals surface area contributed by atoms with Crippen molar-refractivity contribution in [2.75, 3.05) is 27.3 Å². The van der Waals surface area contributed by atoms with Crippen molar-refractivity contribution in [3.8, 4) is 5.75 Å². The van der Waals surface area contributed by atoms with Crippen molar-refractivity contribution in [1.82, 2.24) is 4.90 Å². The van der Waals surface area contributed by atoms with E-state index in [0.717, 1.165) is 30.9 Å². The minimum Gasteiger partial charge on any atom is -0.495 e. The molecule has 0 radical (unpaired) electrons. The molecule has 5 heteroatoms. The normalized spacial score (nSPS) is 28.4. The summed E-state index contributed by atoms with van der Waals surface area (Å²) >= 11 is 12.5. The maximum atomic E-state index is 6.27. The maximum absolute atomic E-state index is 6.27. The fourth-order valence-corrected chi connectivity index (χ4v) is 5.15. The van der Waals surface area contributed by atoms with Crippen LogP contribution in [0, 0.1) is 5.41 Å². The first-order valence-corrected chi connectivity index (χ1v) is 9.10. The Morgan fingerprint density at radius 3 is 2.74 bits per heavy atom. The number of piperidine rings is 1. The molecular weight excluding hydrogens is 333 g/mol. The molecule has 2 atom stereocenters. The van der Waals surface area contributed by atoms with Crippen LogP contribution < -0.4 is 4.74 Å². The minimum atomic E-state index is 0.322. The summed E-state index contributed by atoms with van der Waals surface area (Å²) in [6, 6.07) is 3.71. The van der Waals surface area contributed by atoms with E-state index in [-0.39, 0.29) is 0 Å². The highest BCUT2D eigenvalue weighted by atomic mass is 35.5. The van der Waals surface area contributed by atoms with Gasteiger partial charge >= 0.3 is 0 Å². The van der Waals surface area contributed by atoms with E-state index in [9.17, 15) is 0 Å². The number of benzene rings is 1. The Bertz CT molecular complexity index is 566. The average Bonchev–Trinajstić information content (AvgIpc) is 2.89. The van der Waals surface area contributed by atoms with Crippen LogP contribution in [0.5, 0.6) is 5.75 Å². The van der Waals surface area contributed by atoms with Gasteiger partial charge in [0.15, 0.2) is 0 Å². The largest absolute Gasteiger partial charge is 0.495 e. The molecule has 1 aliphatic carbocycles. The Morgan fingerprint density at radius 1 is 1.22 bits per heavy atom. The van der Waals surface area contributed by atoms with Gasteiger partial charge in [0.1, 0.15) is 5.75 Å². The summed E-state index contributed by atoms with van der Waals surface area (Å²) in [6.45, 7) is 3.01. The molecular formula is C18H25Cl2NO2. The lowest BCUT2D eigenvalue weighted by Gasteiger charge is -2.43. The highest BCUT2D eigenvalue weighted by molar-refractivity contribution is 6.35. The van der Waals surface area contributed by atoms with Crippen molar-refractivity contribution in [1.29, 1.82) is 0 Å². The van der Waals surface area contributed by atoms with Gasteiger partial charge in [-0.3, -0.25) is 4.90 Å². The van der Waals surface area contributed by atoms with Crippen LogP contribution in [0.15, 0.2) is 12.1 Å². The number of hydrogen-bond donors (Lipinski definition) is 0. The van der Waals surface area contributed by atoms with Gasteiger partial charge in [-0.25, -0.2) is 0 Å². The molecule has 0 aromatic heterocycles. The molecule has 0 N–H and O–H groups in total. The van der Waals surface area contributed by atoms with Crippen molar-refractivity contribution in [3.63, 3.8) is 0 Å². The van der Waals surface area contributed by atoms with Crippen LogP contribution in [-0.4, -0.2) is 38.3 Å². The Balaban J connectivity index is 1.78. The van der Waals surface area contributed by atoms with Crippen LogP contribution in [0.4, 0.5) is 0 Å². The third-order valence-electron chi connectivity index (χ3n) is 5.48. The Morgan fingerprint density at radius 2 is 2.00 bits per heavy atom. The summed E-state index contributed by atoms with van der Waals surface area (Å²) in [6.07, 6.45) is 6.63. The number of halogens is 2. The van der Waals surface area contributed by atoms with Gasteiger partial charge in [-0.15, -0.1) is 0 Å². The Hall–Kier alpha value is -0.480. The van der Waals surface area contributed by atoms with Crippen molar-refractivity contribution in [2.24, 2.45) is 5.41 Å². The topological polar surface area (TPSA) is 21.7 Å². The molecule has 3 rings (SSSR count). The second-order valence-corrected chi connectivity index (χ2v) is 7.72. The summed E-state index contributed by atoms with van der Waals surface area (Å²) < 4.78 is 11.3. The molecule has 3 nitrogen and oxygen atoms in total. The second-order valence-electron chi connectivity index (χ2n) is 6.87. The van der Waals surface area contributed by atoms with Gasteiger partial charge in [0.2, 0.25) is 0 Å². The number of rotatable bonds is 4. The van der Waals surface area contributed by atoms with Gasteiger partial charge in [0.05, 0.1) is 18.2 Å². The molecule has 2 fully saturated rings. The number of nitrogens with zero attached hydrogens (tertiary/aromatic N) is 1. The summed E-state index contributed by atoms with van der Waals surface area (Å²) in [5, 5.41) is 1.24. The minimum absolute atomic E-state index is 0.322.